The van der Waals surface area contributed by atoms with Crippen LogP contribution in [0.2, 0.25) is 0 Å². The van der Waals surface area contributed by atoms with Crippen molar-refractivity contribution in [1.29, 1.82) is 0 Å². The van der Waals surface area contributed by atoms with E-state index in [-0.39, 0.29) is 60.9 Å². The molecule has 0 radical (unpaired) electrons. The molecule has 17 nitrogen and oxygen atoms in total. The third-order valence-electron chi connectivity index (χ3n) is 12.7. The second kappa shape index (κ2) is 26.0. The number of amides is 3. The van der Waals surface area contributed by atoms with Gasteiger partial charge in [0.2, 0.25) is 11.8 Å². The van der Waals surface area contributed by atoms with E-state index in [1.54, 1.807) is 30.1 Å². The monoisotopic (exact) mass is 952 g/mol. The lowest BCUT2D eigenvalue weighted by Crippen LogP contribution is -2.59. The topological polar surface area (TPSA) is 221 Å². The molecule has 3 amide bonds. The summed E-state index contributed by atoms with van der Waals surface area (Å²) in [5, 5.41) is 39.2. The van der Waals surface area contributed by atoms with Crippen molar-refractivity contribution in [3.05, 3.63) is 57.8 Å². The number of likely N-dealkylation sites (tertiary alicyclic amines) is 1. The van der Waals surface area contributed by atoms with Gasteiger partial charge in [0.1, 0.15) is 16.7 Å². The lowest BCUT2D eigenvalue weighted by atomic mass is 9.84. The number of nitrogens with one attached hydrogen (secondary N) is 3. The van der Waals surface area contributed by atoms with E-state index in [0.717, 1.165) is 36.3 Å². The van der Waals surface area contributed by atoms with E-state index in [4.69, 9.17) is 9.72 Å². The molecule has 372 valence electrons. The molecule has 1 aliphatic rings. The highest BCUT2D eigenvalue weighted by atomic mass is 32.1. The number of ether oxygens (including phenoxy) is 1. The molecule has 1 aliphatic heterocycles. The summed E-state index contributed by atoms with van der Waals surface area (Å²) in [4.78, 5) is 76.7. The fourth-order valence-electron chi connectivity index (χ4n) is 8.62. The van der Waals surface area contributed by atoms with E-state index in [9.17, 15) is 29.4 Å². The molecule has 5 N–H and O–H groups in total. The number of carbonyl (C=O) groups is 5. The normalized spacial score (nSPS) is 16.8. The number of benzene rings is 1. The summed E-state index contributed by atoms with van der Waals surface area (Å²) in [6.45, 7) is 18.1. The zero-order valence-electron chi connectivity index (χ0n) is 41.4. The number of unbranched alkanes of at least 4 members (excludes halogenated alkanes) is 1. The number of aliphatic hydroxyl groups excluding tert-OH is 1. The van der Waals surface area contributed by atoms with Crippen LogP contribution in [0.3, 0.4) is 0 Å². The number of aryl methyl sites for hydroxylation is 1. The summed E-state index contributed by atoms with van der Waals surface area (Å²) in [7, 11) is 1.94. The maximum atomic E-state index is 15.1. The first-order chi connectivity index (χ1) is 31.7. The molecule has 3 aromatic rings. The summed E-state index contributed by atoms with van der Waals surface area (Å²) in [5.41, 5.74) is 1.62. The van der Waals surface area contributed by atoms with Gasteiger partial charge in [-0.15, -0.1) is 16.4 Å². The molecule has 0 saturated carbocycles. The number of carbonyl (C=O) groups excluding carboxylic acids is 4. The van der Waals surface area contributed by atoms with Crippen molar-refractivity contribution in [3.8, 4) is 0 Å². The molecule has 0 bridgehead atoms. The number of aromatic nitrogens is 4. The van der Waals surface area contributed by atoms with Crippen LogP contribution < -0.4 is 16.0 Å². The number of aliphatic hydroxyl groups is 1. The zero-order chi connectivity index (χ0) is 49.4. The Bertz CT molecular complexity index is 2050. The second-order valence-electron chi connectivity index (χ2n) is 19.5. The number of rotatable bonds is 27. The number of hydrogen-bond donors (Lipinski definition) is 5. The highest BCUT2D eigenvalue weighted by molar-refractivity contribution is 7.09. The number of likely N-dealkylation sites (N-methyl/N-ethyl adjacent to an activating group) is 1. The number of anilines is 1. The number of aliphatic carboxylic acids is 1. The van der Waals surface area contributed by atoms with Crippen LogP contribution in [0.5, 0.6) is 0 Å². The van der Waals surface area contributed by atoms with Crippen molar-refractivity contribution < 1.29 is 38.9 Å². The summed E-state index contributed by atoms with van der Waals surface area (Å²) >= 11 is 1.18. The van der Waals surface area contributed by atoms with E-state index in [1.165, 1.54) is 18.3 Å². The molecule has 1 aromatic carbocycles. The van der Waals surface area contributed by atoms with E-state index >= 15 is 4.79 Å². The average molecular weight is 952 g/mol. The van der Waals surface area contributed by atoms with Crippen molar-refractivity contribution >= 4 is 46.7 Å². The Morgan fingerprint density at radius 2 is 1.75 bits per heavy atom. The minimum Gasteiger partial charge on any atom is -0.481 e. The quantitative estimate of drug-likeness (QED) is 0.0421. The number of hydrogen-bond acceptors (Lipinski definition) is 13. The lowest BCUT2D eigenvalue weighted by Gasteiger charge is -2.40. The molecule has 6 atom stereocenters. The lowest BCUT2D eigenvalue weighted by molar-refractivity contribution is -0.150. The fraction of sp³-hybridized carbons (Fsp3) is 0.673. The summed E-state index contributed by atoms with van der Waals surface area (Å²) in [5.74, 6) is -2.70. The van der Waals surface area contributed by atoms with Gasteiger partial charge in [0.15, 0.2) is 6.10 Å². The molecular weight excluding hydrogens is 875 g/mol. The van der Waals surface area contributed by atoms with Gasteiger partial charge in [-0.05, 0) is 116 Å². The number of thiazole rings is 1. The first-order valence-corrected chi connectivity index (χ1v) is 24.9. The number of carboxylic acids is 1. The van der Waals surface area contributed by atoms with E-state index in [2.05, 4.69) is 45.0 Å². The zero-order valence-corrected chi connectivity index (χ0v) is 42.2. The maximum Gasteiger partial charge on any atom is 0.309 e. The maximum absolute atomic E-state index is 15.1. The minimum absolute atomic E-state index is 0.0502. The number of nitrogens with zero attached hydrogens (tertiary/aromatic N) is 6. The van der Waals surface area contributed by atoms with Gasteiger partial charge >= 0.3 is 11.9 Å². The number of esters is 1. The molecular formula is C49H77N9O8S. The van der Waals surface area contributed by atoms with Gasteiger partial charge < -0.3 is 35.8 Å². The first kappa shape index (κ1) is 54.7. The van der Waals surface area contributed by atoms with Crippen molar-refractivity contribution in [3.63, 3.8) is 0 Å². The summed E-state index contributed by atoms with van der Waals surface area (Å²) < 4.78 is 7.57. The molecule has 4 rings (SSSR count). The molecule has 1 saturated heterocycles. The average Bonchev–Trinajstić information content (AvgIpc) is 3.95. The molecule has 2 aromatic heterocycles. The Morgan fingerprint density at radius 1 is 1.03 bits per heavy atom. The van der Waals surface area contributed by atoms with Gasteiger partial charge in [-0.1, -0.05) is 57.9 Å². The third-order valence-corrected chi connectivity index (χ3v) is 13.6. The predicted octanol–water partition coefficient (Wildman–Crippen LogP) is 6.27. The van der Waals surface area contributed by atoms with Crippen molar-refractivity contribution in [2.24, 2.45) is 17.3 Å². The smallest absolute Gasteiger partial charge is 0.309 e. The molecule has 0 aliphatic carbocycles. The number of carboxylic acid groups (broad SMARTS) is 1. The summed E-state index contributed by atoms with van der Waals surface area (Å²) in [6.07, 6.45) is 6.83. The van der Waals surface area contributed by atoms with E-state index < -0.39 is 47.5 Å². The van der Waals surface area contributed by atoms with Gasteiger partial charge in [0.05, 0.1) is 30.3 Å². The predicted molar refractivity (Wildman–Crippen MR) is 259 cm³/mol. The van der Waals surface area contributed by atoms with Crippen LogP contribution in [-0.4, -0.2) is 127 Å². The molecule has 1 fully saturated rings. The Kier molecular flexibility index (Phi) is 21.2. The van der Waals surface area contributed by atoms with Crippen LogP contribution in [0.25, 0.3) is 0 Å². The van der Waals surface area contributed by atoms with Crippen molar-refractivity contribution in [1.82, 2.24) is 40.4 Å². The van der Waals surface area contributed by atoms with Crippen LogP contribution in [0.4, 0.5) is 5.69 Å². The van der Waals surface area contributed by atoms with Crippen LogP contribution in [0.1, 0.15) is 147 Å². The van der Waals surface area contributed by atoms with E-state index in [0.29, 0.717) is 56.6 Å². The Hall–Kier alpha value is -4.94. The molecule has 18 heteroatoms. The van der Waals surface area contributed by atoms with Crippen molar-refractivity contribution in [2.45, 2.75) is 169 Å². The first-order valence-electron chi connectivity index (χ1n) is 24.1. The largest absolute Gasteiger partial charge is 0.481 e. The third kappa shape index (κ3) is 16.7. The standard InChI is InChI=1S/C49H77N9O8S/c1-11-33(6)43(53-45(62)40-17-13-14-22-56(40)10)47(63)58(23-15-12-16-37-29-57(24-25-59)55-54-37)41(31(2)3)27-42(66-34(7)60)46-52-39(30-67-46)44(61)51-38(28-49(8,9)48(64)65)26-35-18-20-36(21-19-35)50-32(4)5/h18-21,29-33,38,40-43,50,59H,11-17,22-28H2,1-10H3,(H,51,61)(H,53,62)(H,64,65)/t33-,38-,40+,41+,42+,43-/m0/s1. The fourth-order valence-corrected chi connectivity index (χ4v) is 9.46. The molecule has 67 heavy (non-hydrogen) atoms. The van der Waals surface area contributed by atoms with Gasteiger partial charge in [-0.2, -0.15) is 0 Å². The molecule has 0 unspecified atom stereocenters. The van der Waals surface area contributed by atoms with Crippen molar-refractivity contribution in [2.75, 3.05) is 32.1 Å². The van der Waals surface area contributed by atoms with Gasteiger partial charge in [-0.25, -0.2) is 9.67 Å². The van der Waals surface area contributed by atoms with Crippen LogP contribution >= 0.6 is 11.3 Å². The van der Waals surface area contributed by atoms with Crippen LogP contribution in [0, 0.1) is 17.3 Å². The summed E-state index contributed by atoms with van der Waals surface area (Å²) in [6, 6.07) is 5.94. The van der Waals surface area contributed by atoms with E-state index in [1.807, 2.05) is 63.9 Å². The van der Waals surface area contributed by atoms with Gasteiger partial charge in [0, 0.05) is 55.3 Å². The Morgan fingerprint density at radius 3 is 2.36 bits per heavy atom. The highest BCUT2D eigenvalue weighted by Gasteiger charge is 2.39. The SMILES string of the molecule is CC[C@H](C)[C@H](NC(=O)[C@H]1CCCCN1C)C(=O)N(CCCCc1cn(CCO)nn1)[C@H](C[C@@H](OC(C)=O)c1nc(C(=O)N[C@@H](Cc2ccc(NC(C)C)cc2)CC(C)(C)C(=O)O)cs1)C(C)C. The van der Waals surface area contributed by atoms with Gasteiger partial charge in [0.25, 0.3) is 5.91 Å². The minimum atomic E-state index is -1.14. The second-order valence-corrected chi connectivity index (χ2v) is 20.4. The van der Waals surface area contributed by atoms with Gasteiger partial charge in [-0.3, -0.25) is 28.9 Å². The molecule has 0 spiro atoms. The highest BCUT2D eigenvalue weighted by Crippen LogP contribution is 2.33. The Balaban J connectivity index is 1.63. The number of piperidine rings is 1. The Labute approximate surface area is 401 Å². The van der Waals surface area contributed by atoms with Crippen LogP contribution in [-0.2, 0) is 43.3 Å². The molecule has 3 heterocycles. The van der Waals surface area contributed by atoms with Crippen LogP contribution in [0.15, 0.2) is 35.8 Å².